The fourth-order valence-electron chi connectivity index (χ4n) is 1.45. The second-order valence-electron chi connectivity index (χ2n) is 4.42. The van der Waals surface area contributed by atoms with Crippen molar-refractivity contribution >= 4 is 22.6 Å². The van der Waals surface area contributed by atoms with Gasteiger partial charge in [0.1, 0.15) is 0 Å². The molecule has 1 saturated heterocycles. The highest BCUT2D eigenvalue weighted by Crippen LogP contribution is 2.27. The zero-order valence-electron chi connectivity index (χ0n) is 7.73. The largest absolute Gasteiger partial charge is 0.298 e. The maximum atomic E-state index is 2.56. The Bertz CT molecular complexity index is 122. The van der Waals surface area contributed by atoms with Crippen LogP contribution in [-0.2, 0) is 0 Å². The van der Waals surface area contributed by atoms with Crippen molar-refractivity contribution in [2.45, 2.75) is 32.7 Å². The lowest BCUT2D eigenvalue weighted by molar-refractivity contribution is 0.0135. The maximum absolute atomic E-state index is 2.56. The molecule has 1 nitrogen and oxygen atoms in total. The molecule has 1 aliphatic heterocycles. The minimum atomic E-state index is 0.405. The molecule has 0 saturated carbocycles. The first kappa shape index (κ1) is 9.78. The van der Waals surface area contributed by atoms with Gasteiger partial charge in [-0.05, 0) is 37.5 Å². The van der Waals surface area contributed by atoms with E-state index in [2.05, 4.69) is 48.3 Å². The third-order valence-corrected chi connectivity index (χ3v) is 3.05. The van der Waals surface area contributed by atoms with E-state index in [1.54, 1.807) is 0 Å². The fourth-order valence-corrected chi connectivity index (χ4v) is 2.34. The van der Waals surface area contributed by atoms with Gasteiger partial charge in [0.05, 0.1) is 0 Å². The fraction of sp³-hybridized carbons (Fsp3) is 1.00. The molecule has 1 rings (SSSR count). The first-order valence-corrected chi connectivity index (χ1v) is 5.87. The number of hydrogen-bond donors (Lipinski definition) is 0. The molecule has 0 aromatic carbocycles. The van der Waals surface area contributed by atoms with Crippen LogP contribution in [0.1, 0.15) is 27.2 Å². The van der Waals surface area contributed by atoms with E-state index < -0.39 is 0 Å². The predicted molar refractivity (Wildman–Crippen MR) is 58.3 cm³/mol. The monoisotopic (exact) mass is 267 g/mol. The molecule has 1 heterocycles. The van der Waals surface area contributed by atoms with Gasteiger partial charge in [-0.3, -0.25) is 4.90 Å². The minimum Gasteiger partial charge on any atom is -0.298 e. The predicted octanol–water partition coefficient (Wildman–Crippen LogP) is 2.54. The zero-order valence-corrected chi connectivity index (χ0v) is 9.89. The topological polar surface area (TPSA) is 3.24 Å². The molecule has 66 valence electrons. The van der Waals surface area contributed by atoms with Crippen LogP contribution in [0.25, 0.3) is 0 Å². The van der Waals surface area contributed by atoms with E-state index in [1.165, 1.54) is 23.9 Å². The molecule has 1 aliphatic rings. The Morgan fingerprint density at radius 1 is 1.36 bits per heavy atom. The summed E-state index contributed by atoms with van der Waals surface area (Å²) in [5.74, 6) is 0.992. The lowest BCUT2D eigenvalue weighted by Gasteiger charge is -2.47. The second-order valence-corrected chi connectivity index (χ2v) is 5.50. The van der Waals surface area contributed by atoms with E-state index in [-0.39, 0.29) is 0 Å². The molecule has 0 amide bonds. The Morgan fingerprint density at radius 3 is 2.27 bits per heavy atom. The van der Waals surface area contributed by atoms with Crippen LogP contribution in [-0.4, -0.2) is 28.0 Å². The van der Waals surface area contributed by atoms with Crippen molar-refractivity contribution in [2.24, 2.45) is 5.92 Å². The molecule has 0 atom stereocenters. The average molecular weight is 267 g/mol. The van der Waals surface area contributed by atoms with Crippen LogP contribution in [0.4, 0.5) is 0 Å². The van der Waals surface area contributed by atoms with Crippen LogP contribution in [0, 0.1) is 5.92 Å². The van der Waals surface area contributed by atoms with Crippen molar-refractivity contribution in [3.8, 4) is 0 Å². The SMILES string of the molecule is CC(C)(C)N1CC(CCI)C1. The van der Waals surface area contributed by atoms with Gasteiger partial charge in [0.15, 0.2) is 0 Å². The molecule has 0 spiro atoms. The molecule has 2 heteroatoms. The number of nitrogens with zero attached hydrogens (tertiary/aromatic N) is 1. The summed E-state index contributed by atoms with van der Waals surface area (Å²) in [6, 6.07) is 0. The summed E-state index contributed by atoms with van der Waals surface area (Å²) in [7, 11) is 0. The van der Waals surface area contributed by atoms with Crippen LogP contribution >= 0.6 is 22.6 Å². The Balaban J connectivity index is 2.19. The van der Waals surface area contributed by atoms with E-state index in [9.17, 15) is 0 Å². The highest BCUT2D eigenvalue weighted by atomic mass is 127. The van der Waals surface area contributed by atoms with Crippen LogP contribution in [0.2, 0.25) is 0 Å². The summed E-state index contributed by atoms with van der Waals surface area (Å²) in [4.78, 5) is 2.56. The van der Waals surface area contributed by atoms with Crippen molar-refractivity contribution in [3.63, 3.8) is 0 Å². The van der Waals surface area contributed by atoms with Crippen molar-refractivity contribution < 1.29 is 0 Å². The van der Waals surface area contributed by atoms with Gasteiger partial charge in [0, 0.05) is 18.6 Å². The number of rotatable bonds is 2. The molecule has 0 bridgehead atoms. The van der Waals surface area contributed by atoms with Crippen molar-refractivity contribution in [2.75, 3.05) is 17.5 Å². The normalized spacial score (nSPS) is 21.8. The molecule has 0 N–H and O–H groups in total. The van der Waals surface area contributed by atoms with Crippen LogP contribution < -0.4 is 0 Å². The highest BCUT2D eigenvalue weighted by Gasteiger charge is 2.33. The van der Waals surface area contributed by atoms with Gasteiger partial charge in [0.25, 0.3) is 0 Å². The summed E-state index contributed by atoms with van der Waals surface area (Å²) in [6.07, 6.45) is 1.41. The van der Waals surface area contributed by atoms with Crippen molar-refractivity contribution in [1.29, 1.82) is 0 Å². The summed E-state index contributed by atoms with van der Waals surface area (Å²) >= 11 is 2.47. The Hall–Kier alpha value is 0.690. The van der Waals surface area contributed by atoms with Crippen molar-refractivity contribution in [3.05, 3.63) is 0 Å². The van der Waals surface area contributed by atoms with Gasteiger partial charge >= 0.3 is 0 Å². The number of hydrogen-bond acceptors (Lipinski definition) is 1. The summed E-state index contributed by atoms with van der Waals surface area (Å²) in [5, 5.41) is 0. The number of halogens is 1. The molecule has 0 radical (unpaired) electrons. The zero-order chi connectivity index (χ0) is 8.48. The third-order valence-electron chi connectivity index (χ3n) is 2.42. The summed E-state index contributed by atoms with van der Waals surface area (Å²) in [5.41, 5.74) is 0.405. The summed E-state index contributed by atoms with van der Waals surface area (Å²) < 4.78 is 1.32. The molecule has 0 aliphatic carbocycles. The molecular formula is C9H18IN. The molecule has 0 unspecified atom stereocenters. The standard InChI is InChI=1S/C9H18IN/c1-9(2,3)11-6-8(7-11)4-5-10/h8H,4-7H2,1-3H3. The van der Waals surface area contributed by atoms with Gasteiger partial charge in [-0.2, -0.15) is 0 Å². The van der Waals surface area contributed by atoms with E-state index in [0.29, 0.717) is 5.54 Å². The summed E-state index contributed by atoms with van der Waals surface area (Å²) in [6.45, 7) is 9.55. The number of likely N-dealkylation sites (tertiary alicyclic amines) is 1. The van der Waals surface area contributed by atoms with E-state index >= 15 is 0 Å². The smallest absolute Gasteiger partial charge is 0.0125 e. The average Bonchev–Trinajstić information content (AvgIpc) is 1.74. The molecule has 1 fully saturated rings. The van der Waals surface area contributed by atoms with Crippen molar-refractivity contribution in [1.82, 2.24) is 4.90 Å². The van der Waals surface area contributed by atoms with Gasteiger partial charge in [0.2, 0.25) is 0 Å². The van der Waals surface area contributed by atoms with Gasteiger partial charge in [-0.15, -0.1) is 0 Å². The second kappa shape index (κ2) is 3.60. The van der Waals surface area contributed by atoms with E-state index in [1.807, 2.05) is 0 Å². The van der Waals surface area contributed by atoms with Crippen LogP contribution in [0.15, 0.2) is 0 Å². The molecule has 11 heavy (non-hydrogen) atoms. The number of alkyl halides is 1. The Kier molecular flexibility index (Phi) is 3.20. The van der Waals surface area contributed by atoms with Crippen LogP contribution in [0.5, 0.6) is 0 Å². The van der Waals surface area contributed by atoms with E-state index in [4.69, 9.17) is 0 Å². The molecular weight excluding hydrogens is 249 g/mol. The lowest BCUT2D eigenvalue weighted by atomic mass is 9.91. The van der Waals surface area contributed by atoms with Gasteiger partial charge < -0.3 is 0 Å². The molecule has 0 aromatic heterocycles. The minimum absolute atomic E-state index is 0.405. The van der Waals surface area contributed by atoms with Gasteiger partial charge in [-0.25, -0.2) is 0 Å². The first-order chi connectivity index (χ1) is 5.04. The Labute approximate surface area is 83.7 Å². The third kappa shape index (κ3) is 2.58. The van der Waals surface area contributed by atoms with Crippen LogP contribution in [0.3, 0.4) is 0 Å². The maximum Gasteiger partial charge on any atom is 0.0125 e. The first-order valence-electron chi connectivity index (χ1n) is 4.35. The van der Waals surface area contributed by atoms with E-state index in [0.717, 1.165) is 5.92 Å². The van der Waals surface area contributed by atoms with Gasteiger partial charge in [-0.1, -0.05) is 22.6 Å². The quantitative estimate of drug-likeness (QED) is 0.549. The lowest BCUT2D eigenvalue weighted by Crippen LogP contribution is -2.55. The highest BCUT2D eigenvalue weighted by molar-refractivity contribution is 14.1. The molecule has 0 aromatic rings. The Morgan fingerprint density at radius 2 is 1.91 bits per heavy atom.